The molecule has 1 aliphatic carbocycles. The van der Waals surface area contributed by atoms with Crippen LogP contribution in [0.4, 0.5) is 22.7 Å². The number of aliphatic imine (C=N–C) groups is 2. The number of rotatable bonds is 8. The lowest BCUT2D eigenvalue weighted by Crippen LogP contribution is -2.46. The average molecular weight is 468 g/mol. The molecule has 3 aromatic carbocycles. The summed E-state index contributed by atoms with van der Waals surface area (Å²) in [6.07, 6.45) is 2.32. The van der Waals surface area contributed by atoms with E-state index in [-0.39, 0.29) is 0 Å². The van der Waals surface area contributed by atoms with Gasteiger partial charge in [0.05, 0.1) is 18.5 Å². The van der Waals surface area contributed by atoms with Gasteiger partial charge in [-0.05, 0) is 67.6 Å². The fourth-order valence-electron chi connectivity index (χ4n) is 4.59. The Balaban J connectivity index is 1.34. The number of nitrogens with zero attached hydrogens (tertiary/aromatic N) is 4. The van der Waals surface area contributed by atoms with Crippen molar-refractivity contribution in [3.8, 4) is 5.75 Å². The number of anilines is 3. The molecule has 1 heterocycles. The van der Waals surface area contributed by atoms with Crippen molar-refractivity contribution in [1.82, 2.24) is 4.90 Å². The summed E-state index contributed by atoms with van der Waals surface area (Å²) in [6.45, 7) is 8.49. The molecule has 0 bridgehead atoms. The highest BCUT2D eigenvalue weighted by atomic mass is 16.5. The predicted molar refractivity (Wildman–Crippen MR) is 146 cm³/mol. The standard InChI is InChI=1S/C29H33N5O/c1-30-29(22-12-13-22)32-26-15-14-25(31-24-8-4-3-5-9-24)20-23(26)21-33-16-18-34(19-17-33)27-10-6-7-11-28(27)35-2/h3-11,14-15,20,22,31H,1,12-13,16-19,21H2,2H3/b32-29-. The van der Waals surface area contributed by atoms with Gasteiger partial charge < -0.3 is 15.0 Å². The van der Waals surface area contributed by atoms with Crippen LogP contribution in [0.5, 0.6) is 5.75 Å². The van der Waals surface area contributed by atoms with Crippen molar-refractivity contribution in [2.45, 2.75) is 19.4 Å². The van der Waals surface area contributed by atoms with Crippen molar-refractivity contribution in [2.24, 2.45) is 15.9 Å². The summed E-state index contributed by atoms with van der Waals surface area (Å²) >= 11 is 0. The van der Waals surface area contributed by atoms with Crippen LogP contribution >= 0.6 is 0 Å². The first-order valence-electron chi connectivity index (χ1n) is 12.3. The third-order valence-electron chi connectivity index (χ3n) is 6.67. The molecule has 5 rings (SSSR count). The summed E-state index contributed by atoms with van der Waals surface area (Å²) in [5.41, 5.74) is 5.51. The Morgan fingerprint density at radius 2 is 1.69 bits per heavy atom. The molecule has 1 N–H and O–H groups in total. The zero-order valence-electron chi connectivity index (χ0n) is 20.4. The Kier molecular flexibility index (Phi) is 7.09. The van der Waals surface area contributed by atoms with Crippen molar-refractivity contribution < 1.29 is 4.74 Å². The molecule has 1 aliphatic heterocycles. The highest BCUT2D eigenvalue weighted by molar-refractivity contribution is 5.92. The number of piperazine rings is 1. The highest BCUT2D eigenvalue weighted by Gasteiger charge is 2.27. The zero-order chi connectivity index (χ0) is 24.0. The van der Waals surface area contributed by atoms with E-state index >= 15 is 0 Å². The average Bonchev–Trinajstić information content (AvgIpc) is 3.75. The molecule has 3 aromatic rings. The van der Waals surface area contributed by atoms with Crippen LogP contribution < -0.4 is 15.0 Å². The Labute approximate surface area is 208 Å². The number of hydrogen-bond acceptors (Lipinski definition) is 5. The SMILES string of the molecule is C=N/C(=N\c1ccc(Nc2ccccc2)cc1CN1CCN(c2ccccc2OC)CC1)C1CC1. The van der Waals surface area contributed by atoms with Crippen molar-refractivity contribution in [1.29, 1.82) is 0 Å². The van der Waals surface area contributed by atoms with Crippen molar-refractivity contribution in [3.63, 3.8) is 0 Å². The minimum Gasteiger partial charge on any atom is -0.495 e. The van der Waals surface area contributed by atoms with Crippen LogP contribution in [0, 0.1) is 5.92 Å². The monoisotopic (exact) mass is 467 g/mol. The third kappa shape index (κ3) is 5.72. The van der Waals surface area contributed by atoms with Gasteiger partial charge in [-0.2, -0.15) is 0 Å². The van der Waals surface area contributed by atoms with Crippen LogP contribution in [-0.4, -0.2) is 50.7 Å². The van der Waals surface area contributed by atoms with E-state index in [2.05, 4.69) is 69.3 Å². The first-order chi connectivity index (χ1) is 17.2. The van der Waals surface area contributed by atoms with Crippen molar-refractivity contribution >= 4 is 35.3 Å². The Morgan fingerprint density at radius 1 is 0.943 bits per heavy atom. The first kappa shape index (κ1) is 23.1. The normalized spacial score (nSPS) is 16.7. The summed E-state index contributed by atoms with van der Waals surface area (Å²) in [6, 6.07) is 25.0. The summed E-state index contributed by atoms with van der Waals surface area (Å²) in [5, 5.41) is 3.53. The van der Waals surface area contributed by atoms with Gasteiger partial charge in [-0.25, -0.2) is 9.98 Å². The topological polar surface area (TPSA) is 52.5 Å². The summed E-state index contributed by atoms with van der Waals surface area (Å²) in [5.74, 6) is 2.27. The molecule has 1 saturated carbocycles. The van der Waals surface area contributed by atoms with Crippen LogP contribution in [0.2, 0.25) is 0 Å². The molecule has 2 aliphatic rings. The minimum absolute atomic E-state index is 0.465. The highest BCUT2D eigenvalue weighted by Crippen LogP contribution is 2.35. The van der Waals surface area contributed by atoms with E-state index in [1.807, 2.05) is 30.3 Å². The van der Waals surface area contributed by atoms with E-state index < -0.39 is 0 Å². The van der Waals surface area contributed by atoms with Crippen LogP contribution in [0.15, 0.2) is 82.8 Å². The van der Waals surface area contributed by atoms with Gasteiger partial charge in [-0.1, -0.05) is 30.3 Å². The molecule has 0 atom stereocenters. The molecule has 0 aromatic heterocycles. The van der Waals surface area contributed by atoms with Gasteiger partial charge in [0.25, 0.3) is 0 Å². The molecule has 35 heavy (non-hydrogen) atoms. The molecule has 1 saturated heterocycles. The van der Waals surface area contributed by atoms with Crippen molar-refractivity contribution in [2.75, 3.05) is 43.5 Å². The van der Waals surface area contributed by atoms with Crippen LogP contribution in [0.25, 0.3) is 0 Å². The fraction of sp³-hybridized carbons (Fsp3) is 0.310. The van der Waals surface area contributed by atoms with E-state index in [9.17, 15) is 0 Å². The van der Waals surface area contributed by atoms with E-state index in [1.165, 1.54) is 11.3 Å². The van der Waals surface area contributed by atoms with Crippen molar-refractivity contribution in [3.05, 3.63) is 78.4 Å². The van der Waals surface area contributed by atoms with Crippen LogP contribution in [-0.2, 0) is 6.54 Å². The molecule has 0 unspecified atom stereocenters. The van der Waals surface area contributed by atoms with Gasteiger partial charge in [0, 0.05) is 50.0 Å². The Bertz CT molecular complexity index is 1180. The van der Waals surface area contributed by atoms with Gasteiger partial charge in [0.15, 0.2) is 0 Å². The number of amidine groups is 1. The van der Waals surface area contributed by atoms with Crippen LogP contribution in [0.3, 0.4) is 0 Å². The van der Waals surface area contributed by atoms with Gasteiger partial charge >= 0.3 is 0 Å². The maximum absolute atomic E-state index is 5.58. The van der Waals surface area contributed by atoms with E-state index in [0.29, 0.717) is 5.92 Å². The molecule has 0 amide bonds. The minimum atomic E-state index is 0.465. The first-order valence-corrected chi connectivity index (χ1v) is 12.3. The molecule has 180 valence electrons. The number of hydrogen-bond donors (Lipinski definition) is 1. The zero-order valence-corrected chi connectivity index (χ0v) is 20.4. The maximum atomic E-state index is 5.58. The summed E-state index contributed by atoms with van der Waals surface area (Å²) in [4.78, 5) is 14.1. The number of ether oxygens (including phenoxy) is 1. The second-order valence-corrected chi connectivity index (χ2v) is 9.17. The number of nitrogens with one attached hydrogen (secondary N) is 1. The third-order valence-corrected chi connectivity index (χ3v) is 6.67. The fourth-order valence-corrected chi connectivity index (χ4v) is 4.59. The van der Waals surface area contributed by atoms with Gasteiger partial charge in [0.1, 0.15) is 11.6 Å². The van der Waals surface area contributed by atoms with Gasteiger partial charge in [-0.15, -0.1) is 0 Å². The number of methoxy groups -OCH3 is 1. The lowest BCUT2D eigenvalue weighted by atomic mass is 10.1. The quantitative estimate of drug-likeness (QED) is 0.331. The number of para-hydroxylation sites is 3. The summed E-state index contributed by atoms with van der Waals surface area (Å²) < 4.78 is 5.58. The lowest BCUT2D eigenvalue weighted by molar-refractivity contribution is 0.249. The van der Waals surface area contributed by atoms with Gasteiger partial charge in [-0.3, -0.25) is 4.90 Å². The number of benzene rings is 3. The molecule has 0 radical (unpaired) electrons. The lowest BCUT2D eigenvalue weighted by Gasteiger charge is -2.36. The van der Waals surface area contributed by atoms with E-state index in [1.54, 1.807) is 7.11 Å². The predicted octanol–water partition coefficient (Wildman–Crippen LogP) is 5.90. The largest absolute Gasteiger partial charge is 0.495 e. The second kappa shape index (κ2) is 10.7. The molecular weight excluding hydrogens is 434 g/mol. The van der Waals surface area contributed by atoms with E-state index in [4.69, 9.17) is 9.73 Å². The van der Waals surface area contributed by atoms with Crippen LogP contribution in [0.1, 0.15) is 18.4 Å². The second-order valence-electron chi connectivity index (χ2n) is 9.17. The van der Waals surface area contributed by atoms with E-state index in [0.717, 1.165) is 74.2 Å². The van der Waals surface area contributed by atoms with Gasteiger partial charge in [0.2, 0.25) is 0 Å². The molecule has 6 nitrogen and oxygen atoms in total. The molecule has 6 heteroatoms. The maximum Gasteiger partial charge on any atom is 0.142 e. The molecular formula is C29H33N5O. The molecule has 2 fully saturated rings. The Morgan fingerprint density at radius 3 is 2.40 bits per heavy atom. The summed E-state index contributed by atoms with van der Waals surface area (Å²) in [7, 11) is 1.74. The molecule has 0 spiro atoms. The smallest absolute Gasteiger partial charge is 0.142 e. The Hall–Kier alpha value is -3.64.